The first-order valence-corrected chi connectivity index (χ1v) is 10.8. The number of thioether (sulfide) groups is 1. The Morgan fingerprint density at radius 2 is 1.97 bits per heavy atom. The molecule has 2 N–H and O–H groups in total. The summed E-state index contributed by atoms with van der Waals surface area (Å²) in [6.45, 7) is 1.39. The Labute approximate surface area is 176 Å². The third-order valence-corrected chi connectivity index (χ3v) is 5.95. The summed E-state index contributed by atoms with van der Waals surface area (Å²) in [5.41, 5.74) is 4.35. The normalized spacial score (nSPS) is 13.9. The van der Waals surface area contributed by atoms with Gasteiger partial charge in [-0.05, 0) is 62.2 Å². The summed E-state index contributed by atoms with van der Waals surface area (Å²) in [4.78, 5) is 29.9. The van der Waals surface area contributed by atoms with Crippen molar-refractivity contribution in [1.82, 2.24) is 10.2 Å². The number of hydrogen-bond donors (Lipinski definition) is 2. The molecule has 3 rings (SSSR count). The molecule has 154 valence electrons. The molecule has 0 aliphatic carbocycles. The maximum Gasteiger partial charge on any atom is 0.313 e. The van der Waals surface area contributed by atoms with Gasteiger partial charge in [-0.3, -0.25) is 9.59 Å². The Morgan fingerprint density at radius 1 is 1.17 bits per heavy atom. The Hall–Kier alpha value is -2.51. The van der Waals surface area contributed by atoms with E-state index in [1.807, 2.05) is 38.6 Å². The number of nitrogens with zero attached hydrogens (tertiary/aromatic N) is 2. The molecule has 7 heteroatoms. The number of hydrogen-bond acceptors (Lipinski definition) is 5. The summed E-state index contributed by atoms with van der Waals surface area (Å²) in [6.07, 6.45) is 3.00. The number of anilines is 2. The number of nitrogens with one attached hydrogen (secondary N) is 2. The van der Waals surface area contributed by atoms with Gasteiger partial charge in [0.2, 0.25) is 0 Å². The SMILES string of the molecule is CSc1cccc(NC(=O)C(=O)NC[C@@H](c2ccc3c(c2)CCN3C)N(C)C)c1. The third kappa shape index (κ3) is 5.10. The average molecular weight is 413 g/mol. The molecule has 0 bridgehead atoms. The van der Waals surface area contributed by atoms with Crippen molar-refractivity contribution < 1.29 is 9.59 Å². The summed E-state index contributed by atoms with van der Waals surface area (Å²) < 4.78 is 0. The van der Waals surface area contributed by atoms with Crippen LogP contribution in [0, 0.1) is 0 Å². The average Bonchev–Trinajstić information content (AvgIpc) is 3.08. The molecule has 0 spiro atoms. The zero-order valence-corrected chi connectivity index (χ0v) is 18.2. The molecule has 2 amide bonds. The van der Waals surface area contributed by atoms with E-state index < -0.39 is 11.8 Å². The van der Waals surface area contributed by atoms with Crippen molar-refractivity contribution in [2.75, 3.05) is 50.7 Å². The lowest BCUT2D eigenvalue weighted by atomic mass is 10.0. The first kappa shape index (κ1) is 21.2. The van der Waals surface area contributed by atoms with Crippen LogP contribution in [0.4, 0.5) is 11.4 Å². The summed E-state index contributed by atoms with van der Waals surface area (Å²) >= 11 is 1.58. The Morgan fingerprint density at radius 3 is 2.69 bits per heavy atom. The highest BCUT2D eigenvalue weighted by molar-refractivity contribution is 7.98. The maximum absolute atomic E-state index is 12.3. The van der Waals surface area contributed by atoms with Crippen LogP contribution in [0.3, 0.4) is 0 Å². The molecule has 1 aliphatic heterocycles. The second kappa shape index (κ2) is 9.33. The molecule has 29 heavy (non-hydrogen) atoms. The third-order valence-electron chi connectivity index (χ3n) is 5.23. The van der Waals surface area contributed by atoms with Crippen LogP contribution in [0.1, 0.15) is 17.2 Å². The molecule has 1 aliphatic rings. The number of likely N-dealkylation sites (N-methyl/N-ethyl adjacent to an activating group) is 2. The van der Waals surface area contributed by atoms with E-state index in [4.69, 9.17) is 0 Å². The van der Waals surface area contributed by atoms with Gasteiger partial charge in [-0.25, -0.2) is 0 Å². The molecule has 6 nitrogen and oxygen atoms in total. The smallest absolute Gasteiger partial charge is 0.313 e. The molecule has 0 saturated carbocycles. The highest BCUT2D eigenvalue weighted by Gasteiger charge is 2.22. The van der Waals surface area contributed by atoms with Crippen molar-refractivity contribution in [2.24, 2.45) is 0 Å². The monoisotopic (exact) mass is 412 g/mol. The van der Waals surface area contributed by atoms with E-state index in [0.29, 0.717) is 12.2 Å². The molecule has 0 aromatic heterocycles. The Kier molecular flexibility index (Phi) is 6.82. The zero-order chi connectivity index (χ0) is 21.0. The minimum absolute atomic E-state index is 0.0113. The van der Waals surface area contributed by atoms with E-state index >= 15 is 0 Å². The van der Waals surface area contributed by atoms with Gasteiger partial charge in [0, 0.05) is 36.4 Å². The van der Waals surface area contributed by atoms with Crippen molar-refractivity contribution >= 4 is 35.0 Å². The predicted molar refractivity (Wildman–Crippen MR) is 120 cm³/mol. The second-order valence-electron chi connectivity index (χ2n) is 7.44. The summed E-state index contributed by atoms with van der Waals surface area (Å²) in [6, 6.07) is 13.9. The van der Waals surface area contributed by atoms with Crippen LogP contribution >= 0.6 is 11.8 Å². The lowest BCUT2D eigenvalue weighted by Crippen LogP contribution is -2.40. The first-order valence-electron chi connectivity index (χ1n) is 9.62. The van der Waals surface area contributed by atoms with Crippen molar-refractivity contribution in [3.05, 3.63) is 53.6 Å². The first-order chi connectivity index (χ1) is 13.9. The maximum atomic E-state index is 12.3. The molecule has 0 fully saturated rings. The fourth-order valence-electron chi connectivity index (χ4n) is 3.55. The van der Waals surface area contributed by atoms with Crippen LogP contribution < -0.4 is 15.5 Å². The molecular formula is C22H28N4O2S. The number of rotatable bonds is 6. The highest BCUT2D eigenvalue weighted by atomic mass is 32.2. The number of amides is 2. The minimum Gasteiger partial charge on any atom is -0.374 e. The molecular weight excluding hydrogens is 384 g/mol. The van der Waals surface area contributed by atoms with E-state index in [1.165, 1.54) is 11.3 Å². The summed E-state index contributed by atoms with van der Waals surface area (Å²) in [5.74, 6) is -1.29. The van der Waals surface area contributed by atoms with Gasteiger partial charge in [-0.1, -0.05) is 18.2 Å². The quantitative estimate of drug-likeness (QED) is 0.564. The summed E-state index contributed by atoms with van der Waals surface area (Å²) in [7, 11) is 6.05. The van der Waals surface area contributed by atoms with Crippen LogP contribution in [0.5, 0.6) is 0 Å². The largest absolute Gasteiger partial charge is 0.374 e. The van der Waals surface area contributed by atoms with Gasteiger partial charge in [-0.15, -0.1) is 11.8 Å². The lowest BCUT2D eigenvalue weighted by Gasteiger charge is -2.26. The van der Waals surface area contributed by atoms with Crippen molar-refractivity contribution in [1.29, 1.82) is 0 Å². The van der Waals surface area contributed by atoms with Gasteiger partial charge < -0.3 is 20.4 Å². The minimum atomic E-state index is -0.656. The van der Waals surface area contributed by atoms with Crippen LogP contribution in [0.15, 0.2) is 47.4 Å². The molecule has 2 aromatic rings. The van der Waals surface area contributed by atoms with Crippen molar-refractivity contribution in [3.63, 3.8) is 0 Å². The molecule has 0 radical (unpaired) electrons. The fourth-order valence-corrected chi connectivity index (χ4v) is 4.01. The van der Waals surface area contributed by atoms with Crippen LogP contribution in [-0.2, 0) is 16.0 Å². The zero-order valence-electron chi connectivity index (χ0n) is 17.4. The van der Waals surface area contributed by atoms with Crippen molar-refractivity contribution in [2.45, 2.75) is 17.4 Å². The fraction of sp³-hybridized carbons (Fsp3) is 0.364. The van der Waals surface area contributed by atoms with Crippen LogP contribution in [0.2, 0.25) is 0 Å². The van der Waals surface area contributed by atoms with Crippen LogP contribution in [-0.4, -0.2) is 57.2 Å². The van der Waals surface area contributed by atoms with Gasteiger partial charge in [0.25, 0.3) is 0 Å². The topological polar surface area (TPSA) is 64.7 Å². The lowest BCUT2D eigenvalue weighted by molar-refractivity contribution is -0.136. The Balaban J connectivity index is 1.63. The highest BCUT2D eigenvalue weighted by Crippen LogP contribution is 2.30. The second-order valence-corrected chi connectivity index (χ2v) is 8.31. The van der Waals surface area contributed by atoms with Crippen LogP contribution in [0.25, 0.3) is 0 Å². The summed E-state index contributed by atoms with van der Waals surface area (Å²) in [5, 5.41) is 5.44. The molecule has 1 atom stereocenters. The molecule has 0 saturated heterocycles. The van der Waals surface area contributed by atoms with Gasteiger partial charge in [-0.2, -0.15) is 0 Å². The number of fused-ring (bicyclic) bond motifs is 1. The van der Waals surface area contributed by atoms with E-state index in [2.05, 4.69) is 45.7 Å². The Bertz CT molecular complexity index is 900. The predicted octanol–water partition coefficient (Wildman–Crippen LogP) is 2.76. The van der Waals surface area contributed by atoms with Crippen molar-refractivity contribution in [3.8, 4) is 0 Å². The van der Waals surface area contributed by atoms with E-state index in [-0.39, 0.29) is 6.04 Å². The number of carbonyl (C=O) groups is 2. The van der Waals surface area contributed by atoms with Gasteiger partial charge >= 0.3 is 11.8 Å². The van der Waals surface area contributed by atoms with E-state index in [1.54, 1.807) is 17.8 Å². The molecule has 1 heterocycles. The van der Waals surface area contributed by atoms with E-state index in [0.717, 1.165) is 23.4 Å². The molecule has 0 unspecified atom stereocenters. The standard InChI is InChI=1S/C22H28N4O2S/c1-25(2)20(15-8-9-19-16(12-15)10-11-26(19)3)14-23-21(27)22(28)24-17-6-5-7-18(13-17)29-4/h5-9,12-13,20H,10-11,14H2,1-4H3,(H,23,27)(H,24,28)/t20-/m0/s1. The van der Waals surface area contributed by atoms with Gasteiger partial charge in [0.15, 0.2) is 0 Å². The van der Waals surface area contributed by atoms with E-state index in [9.17, 15) is 9.59 Å². The molecule has 2 aromatic carbocycles. The number of carbonyl (C=O) groups excluding carboxylic acids is 2. The number of benzene rings is 2. The van der Waals surface area contributed by atoms with Gasteiger partial charge in [0.05, 0.1) is 6.04 Å². The van der Waals surface area contributed by atoms with Gasteiger partial charge in [0.1, 0.15) is 0 Å².